The number of rotatable bonds is 4. The van der Waals surface area contributed by atoms with Gasteiger partial charge in [0.25, 0.3) is 0 Å². The van der Waals surface area contributed by atoms with Crippen LogP contribution in [0.1, 0.15) is 21.5 Å². The lowest BCUT2D eigenvalue weighted by Crippen LogP contribution is -2.46. The molecule has 0 radical (unpaired) electrons. The Morgan fingerprint density at radius 3 is 2.43 bits per heavy atom. The van der Waals surface area contributed by atoms with Crippen LogP contribution in [0, 0.1) is 0 Å². The number of esters is 1. The van der Waals surface area contributed by atoms with Crippen molar-refractivity contribution in [2.75, 3.05) is 31.1 Å². The maximum Gasteiger partial charge on any atom is 0.338 e. The minimum Gasteiger partial charge on any atom is -0.457 e. The minimum atomic E-state index is -0.208. The molecule has 30 heavy (non-hydrogen) atoms. The Balaban J connectivity index is 1.26. The van der Waals surface area contributed by atoms with E-state index in [9.17, 15) is 4.79 Å². The normalized spacial score (nSPS) is 16.4. The number of hydrogen-bond donors (Lipinski definition) is 0. The van der Waals surface area contributed by atoms with Crippen molar-refractivity contribution in [3.05, 3.63) is 88.4 Å². The maximum absolute atomic E-state index is 11.7. The second-order valence-corrected chi connectivity index (χ2v) is 8.28. The molecule has 0 amide bonds. The predicted molar refractivity (Wildman–Crippen MR) is 120 cm³/mol. The summed E-state index contributed by atoms with van der Waals surface area (Å²) in [6.45, 7) is 5.26. The fourth-order valence-corrected chi connectivity index (χ4v) is 4.42. The Kier molecular flexibility index (Phi) is 5.19. The average Bonchev–Trinajstić information content (AvgIpc) is 3.15. The Morgan fingerprint density at radius 1 is 0.867 bits per heavy atom. The lowest BCUT2D eigenvalue weighted by molar-refractivity contribution is 0.0535. The zero-order valence-corrected chi connectivity index (χ0v) is 17.4. The molecule has 0 spiro atoms. The highest BCUT2D eigenvalue weighted by molar-refractivity contribution is 6.30. The Bertz CT molecular complexity index is 1070. The SMILES string of the molecule is O=C1OCc2cc(N3CCN(Cc4ccccc4-c4ccc(Cl)cc4)CC3)ccc21. The van der Waals surface area contributed by atoms with Gasteiger partial charge in [-0.15, -0.1) is 0 Å². The molecule has 2 aliphatic rings. The third-order valence-electron chi connectivity index (χ3n) is 5.97. The van der Waals surface area contributed by atoms with Gasteiger partial charge in [0.05, 0.1) is 5.56 Å². The van der Waals surface area contributed by atoms with E-state index in [2.05, 4.69) is 52.3 Å². The number of carbonyl (C=O) groups excluding carboxylic acids is 1. The summed E-state index contributed by atoms with van der Waals surface area (Å²) < 4.78 is 5.13. The van der Waals surface area contributed by atoms with Gasteiger partial charge in [0, 0.05) is 49.0 Å². The molecule has 0 saturated carbocycles. The maximum atomic E-state index is 11.7. The first-order valence-electron chi connectivity index (χ1n) is 10.3. The zero-order chi connectivity index (χ0) is 20.5. The molecule has 0 N–H and O–H groups in total. The van der Waals surface area contributed by atoms with Crippen LogP contribution in [-0.4, -0.2) is 37.0 Å². The summed E-state index contributed by atoms with van der Waals surface area (Å²) >= 11 is 6.06. The van der Waals surface area contributed by atoms with Gasteiger partial charge in [0.2, 0.25) is 0 Å². The van der Waals surface area contributed by atoms with E-state index in [0.29, 0.717) is 12.2 Å². The highest BCUT2D eigenvalue weighted by atomic mass is 35.5. The molecule has 1 fully saturated rings. The summed E-state index contributed by atoms with van der Waals surface area (Å²) in [6.07, 6.45) is 0. The summed E-state index contributed by atoms with van der Waals surface area (Å²) in [4.78, 5) is 16.6. The molecule has 3 aromatic carbocycles. The van der Waals surface area contributed by atoms with Crippen molar-refractivity contribution in [3.8, 4) is 11.1 Å². The lowest BCUT2D eigenvalue weighted by atomic mass is 9.99. The molecule has 3 aromatic rings. The summed E-state index contributed by atoms with van der Waals surface area (Å²) in [5.41, 5.74) is 6.67. The lowest BCUT2D eigenvalue weighted by Gasteiger charge is -2.36. The van der Waals surface area contributed by atoms with Crippen molar-refractivity contribution < 1.29 is 9.53 Å². The number of benzene rings is 3. The van der Waals surface area contributed by atoms with Gasteiger partial charge in [-0.3, -0.25) is 4.90 Å². The summed E-state index contributed by atoms with van der Waals surface area (Å²) in [7, 11) is 0. The molecule has 5 rings (SSSR count). The molecule has 2 heterocycles. The summed E-state index contributed by atoms with van der Waals surface area (Å²) in [5.74, 6) is -0.208. The van der Waals surface area contributed by atoms with Crippen LogP contribution in [0.2, 0.25) is 5.02 Å². The first-order valence-corrected chi connectivity index (χ1v) is 10.7. The molecular weight excluding hydrogens is 396 g/mol. The minimum absolute atomic E-state index is 0.208. The Labute approximate surface area is 181 Å². The molecule has 0 aromatic heterocycles. The molecule has 0 unspecified atom stereocenters. The highest BCUT2D eigenvalue weighted by Gasteiger charge is 2.24. The molecule has 0 atom stereocenters. The largest absolute Gasteiger partial charge is 0.457 e. The van der Waals surface area contributed by atoms with Crippen LogP contribution < -0.4 is 4.90 Å². The quantitative estimate of drug-likeness (QED) is 0.558. The van der Waals surface area contributed by atoms with E-state index in [1.165, 1.54) is 22.4 Å². The van der Waals surface area contributed by atoms with Gasteiger partial charge in [0.15, 0.2) is 0 Å². The molecule has 4 nitrogen and oxygen atoms in total. The van der Waals surface area contributed by atoms with Crippen molar-refractivity contribution >= 4 is 23.3 Å². The Hall–Kier alpha value is -2.82. The monoisotopic (exact) mass is 418 g/mol. The van der Waals surface area contributed by atoms with Crippen LogP contribution in [0.4, 0.5) is 5.69 Å². The molecular formula is C25H23ClN2O2. The van der Waals surface area contributed by atoms with Crippen molar-refractivity contribution in [2.24, 2.45) is 0 Å². The molecule has 0 aliphatic carbocycles. The Morgan fingerprint density at radius 2 is 1.63 bits per heavy atom. The first kappa shape index (κ1) is 19.2. The number of halogens is 1. The van der Waals surface area contributed by atoms with E-state index in [1.807, 2.05) is 24.3 Å². The summed E-state index contributed by atoms with van der Waals surface area (Å²) in [6, 6.07) is 22.7. The zero-order valence-electron chi connectivity index (χ0n) is 16.7. The molecule has 1 saturated heterocycles. The van der Waals surface area contributed by atoms with Gasteiger partial charge in [-0.05, 0) is 47.0 Å². The fourth-order valence-electron chi connectivity index (χ4n) is 4.29. The summed E-state index contributed by atoms with van der Waals surface area (Å²) in [5, 5.41) is 0.759. The highest BCUT2D eigenvalue weighted by Crippen LogP contribution is 2.28. The van der Waals surface area contributed by atoms with E-state index in [4.69, 9.17) is 16.3 Å². The van der Waals surface area contributed by atoms with Gasteiger partial charge >= 0.3 is 5.97 Å². The number of piperazine rings is 1. The second-order valence-electron chi connectivity index (χ2n) is 7.84. The van der Waals surface area contributed by atoms with Crippen molar-refractivity contribution in [2.45, 2.75) is 13.2 Å². The van der Waals surface area contributed by atoms with Gasteiger partial charge in [-0.1, -0.05) is 48.0 Å². The van der Waals surface area contributed by atoms with Crippen LogP contribution in [0.5, 0.6) is 0 Å². The first-order chi connectivity index (χ1) is 14.7. The molecule has 2 aliphatic heterocycles. The van der Waals surface area contributed by atoms with Gasteiger partial charge < -0.3 is 9.64 Å². The fraction of sp³-hybridized carbons (Fsp3) is 0.240. The smallest absolute Gasteiger partial charge is 0.338 e. The van der Waals surface area contributed by atoms with Crippen molar-refractivity contribution in [3.63, 3.8) is 0 Å². The van der Waals surface area contributed by atoms with Gasteiger partial charge in [-0.2, -0.15) is 0 Å². The number of carbonyl (C=O) groups is 1. The van der Waals surface area contributed by atoms with E-state index < -0.39 is 0 Å². The number of ether oxygens (including phenoxy) is 1. The van der Waals surface area contributed by atoms with E-state index in [0.717, 1.165) is 43.3 Å². The average molecular weight is 419 g/mol. The van der Waals surface area contributed by atoms with Crippen molar-refractivity contribution in [1.82, 2.24) is 4.90 Å². The number of hydrogen-bond acceptors (Lipinski definition) is 4. The van der Waals surface area contributed by atoms with Crippen molar-refractivity contribution in [1.29, 1.82) is 0 Å². The standard InChI is InChI=1S/C25H23ClN2O2/c26-21-7-5-18(6-8-21)23-4-2-1-3-19(23)16-27-11-13-28(14-12-27)22-9-10-24-20(15-22)17-30-25(24)29/h1-10,15H,11-14,16-17H2. The van der Waals surface area contributed by atoms with Crippen LogP contribution in [0.15, 0.2) is 66.7 Å². The van der Waals surface area contributed by atoms with Crippen LogP contribution in [0.25, 0.3) is 11.1 Å². The third-order valence-corrected chi connectivity index (χ3v) is 6.22. The number of anilines is 1. The van der Waals surface area contributed by atoms with Gasteiger partial charge in [0.1, 0.15) is 6.61 Å². The number of nitrogens with zero attached hydrogens (tertiary/aromatic N) is 2. The number of fused-ring (bicyclic) bond motifs is 1. The third kappa shape index (κ3) is 3.81. The second kappa shape index (κ2) is 8.13. The van der Waals surface area contributed by atoms with E-state index in [-0.39, 0.29) is 5.97 Å². The van der Waals surface area contributed by atoms with Gasteiger partial charge in [-0.25, -0.2) is 4.79 Å². The van der Waals surface area contributed by atoms with E-state index >= 15 is 0 Å². The number of cyclic esters (lactones) is 1. The topological polar surface area (TPSA) is 32.8 Å². The molecule has 5 heteroatoms. The molecule has 152 valence electrons. The predicted octanol–water partition coefficient (Wildman–Crippen LogP) is 5.00. The van der Waals surface area contributed by atoms with Crippen LogP contribution in [-0.2, 0) is 17.9 Å². The van der Waals surface area contributed by atoms with E-state index in [1.54, 1.807) is 0 Å². The van der Waals surface area contributed by atoms with Crippen LogP contribution in [0.3, 0.4) is 0 Å². The molecule has 0 bridgehead atoms. The van der Waals surface area contributed by atoms with Crippen LogP contribution >= 0.6 is 11.6 Å².